The van der Waals surface area contributed by atoms with Crippen molar-refractivity contribution >= 4 is 5.78 Å². The summed E-state index contributed by atoms with van der Waals surface area (Å²) in [7, 11) is 1.38. The number of Topliss-reactive ketones (excluding diaryl/α,β-unsaturated/α-hetero) is 1. The van der Waals surface area contributed by atoms with Crippen LogP contribution >= 0.6 is 0 Å². The van der Waals surface area contributed by atoms with Crippen molar-refractivity contribution in [3.63, 3.8) is 0 Å². The number of aromatic nitrogens is 2. The second-order valence-electron chi connectivity index (χ2n) is 5.04. The van der Waals surface area contributed by atoms with Crippen molar-refractivity contribution in [2.45, 2.75) is 26.8 Å². The first-order valence-electron chi connectivity index (χ1n) is 6.83. The van der Waals surface area contributed by atoms with Gasteiger partial charge in [-0.15, -0.1) is 0 Å². The number of hydrogen-bond acceptors (Lipinski definition) is 3. The van der Waals surface area contributed by atoms with E-state index in [1.807, 2.05) is 24.3 Å². The number of carbonyl (C=O) groups is 1. The van der Waals surface area contributed by atoms with E-state index in [2.05, 4.69) is 6.92 Å². The highest BCUT2D eigenvalue weighted by Crippen LogP contribution is 2.06. The maximum absolute atomic E-state index is 12.1. The zero-order valence-electron chi connectivity index (χ0n) is 12.4. The number of hydrogen-bond donors (Lipinski definition) is 0. The van der Waals surface area contributed by atoms with Gasteiger partial charge in [0.2, 0.25) is 0 Å². The molecule has 0 radical (unpaired) electrons. The predicted octanol–water partition coefficient (Wildman–Crippen LogP) is 1.36. The Kier molecular flexibility index (Phi) is 4.21. The molecule has 0 atom stereocenters. The Hall–Kier alpha value is -2.43. The summed E-state index contributed by atoms with van der Waals surface area (Å²) in [5.41, 5.74) is 1.22. The Morgan fingerprint density at radius 3 is 2.19 bits per heavy atom. The standard InChI is InChI=1S/C16H18N2O3/c1-4-12-5-7-13(8-6-12)9-18-10-14(11(2)19)15(20)17(3)16(18)21/h5-8,10H,4,9H2,1-3H3. The third kappa shape index (κ3) is 3.02. The van der Waals surface area contributed by atoms with Crippen molar-refractivity contribution in [1.82, 2.24) is 9.13 Å². The van der Waals surface area contributed by atoms with E-state index in [-0.39, 0.29) is 11.3 Å². The van der Waals surface area contributed by atoms with E-state index < -0.39 is 11.2 Å². The molecule has 110 valence electrons. The fourth-order valence-corrected chi connectivity index (χ4v) is 2.16. The van der Waals surface area contributed by atoms with Crippen LogP contribution in [0, 0.1) is 0 Å². The van der Waals surface area contributed by atoms with Crippen LogP contribution in [0.15, 0.2) is 40.1 Å². The third-order valence-electron chi connectivity index (χ3n) is 3.52. The molecule has 1 aromatic carbocycles. The molecule has 5 nitrogen and oxygen atoms in total. The van der Waals surface area contributed by atoms with E-state index in [1.54, 1.807) is 0 Å². The van der Waals surface area contributed by atoms with Gasteiger partial charge in [-0.25, -0.2) is 4.79 Å². The van der Waals surface area contributed by atoms with E-state index in [9.17, 15) is 14.4 Å². The highest BCUT2D eigenvalue weighted by molar-refractivity contribution is 5.93. The smallest absolute Gasteiger partial charge is 0.295 e. The highest BCUT2D eigenvalue weighted by atomic mass is 16.2. The number of rotatable bonds is 4. The van der Waals surface area contributed by atoms with Crippen LogP contribution in [0.25, 0.3) is 0 Å². The Balaban J connectivity index is 2.46. The van der Waals surface area contributed by atoms with Crippen LogP contribution in [-0.4, -0.2) is 14.9 Å². The zero-order valence-corrected chi connectivity index (χ0v) is 12.4. The van der Waals surface area contributed by atoms with E-state index in [4.69, 9.17) is 0 Å². The average Bonchev–Trinajstić information content (AvgIpc) is 2.48. The lowest BCUT2D eigenvalue weighted by molar-refractivity contribution is 0.101. The summed E-state index contributed by atoms with van der Waals surface area (Å²) in [5.74, 6) is -0.342. The van der Waals surface area contributed by atoms with Gasteiger partial charge in [0, 0.05) is 13.2 Å². The van der Waals surface area contributed by atoms with Crippen molar-refractivity contribution in [3.8, 4) is 0 Å². The van der Waals surface area contributed by atoms with Crippen LogP contribution in [0.3, 0.4) is 0 Å². The first-order chi connectivity index (χ1) is 9.93. The minimum Gasteiger partial charge on any atom is -0.295 e. The van der Waals surface area contributed by atoms with Crippen molar-refractivity contribution in [1.29, 1.82) is 0 Å². The van der Waals surface area contributed by atoms with Gasteiger partial charge in [-0.05, 0) is 24.5 Å². The van der Waals surface area contributed by atoms with E-state index in [1.165, 1.54) is 30.3 Å². The Bertz CT molecular complexity index is 783. The second-order valence-corrected chi connectivity index (χ2v) is 5.04. The molecule has 0 N–H and O–H groups in total. The van der Waals surface area contributed by atoms with Crippen LogP contribution in [-0.2, 0) is 20.0 Å². The quantitative estimate of drug-likeness (QED) is 0.797. The lowest BCUT2D eigenvalue weighted by Crippen LogP contribution is -2.40. The predicted molar refractivity (Wildman–Crippen MR) is 80.9 cm³/mol. The van der Waals surface area contributed by atoms with Gasteiger partial charge < -0.3 is 0 Å². The summed E-state index contributed by atoms with van der Waals surface area (Å²) in [6, 6.07) is 7.91. The molecule has 0 spiro atoms. The molecular formula is C16H18N2O3. The molecule has 1 aromatic heterocycles. The summed E-state index contributed by atoms with van der Waals surface area (Å²) < 4.78 is 2.36. The van der Waals surface area contributed by atoms with Crippen molar-refractivity contribution in [2.75, 3.05) is 0 Å². The van der Waals surface area contributed by atoms with E-state index >= 15 is 0 Å². The number of benzene rings is 1. The first-order valence-corrected chi connectivity index (χ1v) is 6.83. The fraction of sp³-hybridized carbons (Fsp3) is 0.312. The molecule has 5 heteroatoms. The summed E-state index contributed by atoms with van der Waals surface area (Å²) in [5, 5.41) is 0. The van der Waals surface area contributed by atoms with Crippen LogP contribution in [0.1, 0.15) is 35.3 Å². The molecule has 1 heterocycles. The van der Waals surface area contributed by atoms with Crippen molar-refractivity contribution in [2.24, 2.45) is 7.05 Å². The molecule has 2 aromatic rings. The van der Waals surface area contributed by atoms with Crippen molar-refractivity contribution < 1.29 is 4.79 Å². The summed E-state index contributed by atoms with van der Waals surface area (Å²) in [4.78, 5) is 35.4. The molecule has 0 saturated heterocycles. The number of ketones is 1. The SMILES string of the molecule is CCc1ccc(Cn2cc(C(C)=O)c(=O)n(C)c2=O)cc1. The monoisotopic (exact) mass is 286 g/mol. The number of nitrogens with zero attached hydrogens (tertiary/aromatic N) is 2. The van der Waals surface area contributed by atoms with E-state index in [0.29, 0.717) is 6.54 Å². The summed E-state index contributed by atoms with van der Waals surface area (Å²) in [6.07, 6.45) is 2.30. The topological polar surface area (TPSA) is 61.1 Å². The van der Waals surface area contributed by atoms with Crippen LogP contribution in [0.2, 0.25) is 0 Å². The Labute approximate surface area is 122 Å². The lowest BCUT2D eigenvalue weighted by Gasteiger charge is -2.10. The van der Waals surface area contributed by atoms with E-state index in [0.717, 1.165) is 16.6 Å². The van der Waals surface area contributed by atoms with Crippen molar-refractivity contribution in [3.05, 3.63) is 68.0 Å². The lowest BCUT2D eigenvalue weighted by atomic mass is 10.1. The molecule has 0 fully saturated rings. The van der Waals surface area contributed by atoms with Gasteiger partial charge in [-0.2, -0.15) is 0 Å². The van der Waals surface area contributed by atoms with Gasteiger partial charge in [0.25, 0.3) is 5.56 Å². The van der Waals surface area contributed by atoms with Gasteiger partial charge in [0.1, 0.15) is 0 Å². The minimum atomic E-state index is -0.551. The van der Waals surface area contributed by atoms with Gasteiger partial charge in [0.15, 0.2) is 5.78 Å². The van der Waals surface area contributed by atoms with Crippen LogP contribution < -0.4 is 11.2 Å². The average molecular weight is 286 g/mol. The molecule has 0 amide bonds. The van der Waals surface area contributed by atoms with Gasteiger partial charge in [0.05, 0.1) is 12.1 Å². The van der Waals surface area contributed by atoms with Gasteiger partial charge in [-0.1, -0.05) is 31.2 Å². The van der Waals surface area contributed by atoms with Gasteiger partial charge >= 0.3 is 5.69 Å². The summed E-state index contributed by atoms with van der Waals surface area (Å²) in [6.45, 7) is 3.73. The maximum atomic E-state index is 12.1. The normalized spacial score (nSPS) is 10.6. The van der Waals surface area contributed by atoms with Crippen LogP contribution in [0.5, 0.6) is 0 Å². The molecule has 0 saturated carbocycles. The second kappa shape index (κ2) is 5.91. The largest absolute Gasteiger partial charge is 0.331 e. The molecule has 0 aliphatic carbocycles. The number of carbonyl (C=O) groups excluding carboxylic acids is 1. The minimum absolute atomic E-state index is 0.0299. The number of aryl methyl sites for hydroxylation is 1. The maximum Gasteiger partial charge on any atom is 0.331 e. The molecule has 0 bridgehead atoms. The third-order valence-corrected chi connectivity index (χ3v) is 3.52. The Morgan fingerprint density at radius 1 is 1.10 bits per heavy atom. The highest BCUT2D eigenvalue weighted by Gasteiger charge is 2.12. The summed E-state index contributed by atoms with van der Waals surface area (Å²) >= 11 is 0. The van der Waals surface area contributed by atoms with Crippen LogP contribution in [0.4, 0.5) is 0 Å². The molecule has 0 aliphatic rings. The zero-order chi connectivity index (χ0) is 15.6. The molecule has 0 aliphatic heterocycles. The fourth-order valence-electron chi connectivity index (χ4n) is 2.16. The molecule has 0 unspecified atom stereocenters. The molecule has 21 heavy (non-hydrogen) atoms. The molecule has 2 rings (SSSR count). The first kappa shape index (κ1) is 15.0. The Morgan fingerprint density at radius 2 is 1.67 bits per heavy atom. The van der Waals surface area contributed by atoms with Gasteiger partial charge in [-0.3, -0.25) is 18.7 Å². The molecular weight excluding hydrogens is 268 g/mol.